The van der Waals surface area contributed by atoms with Crippen LogP contribution in [0.15, 0.2) is 17.1 Å². The van der Waals surface area contributed by atoms with Crippen molar-refractivity contribution >= 4 is 41.3 Å². The van der Waals surface area contributed by atoms with Crippen LogP contribution in [-0.4, -0.2) is 57.3 Å². The molecule has 2 N–H and O–H groups in total. The Kier molecular flexibility index (Phi) is 10.1. The molecule has 2 heterocycles. The molecule has 0 amide bonds. The van der Waals surface area contributed by atoms with E-state index in [1.54, 1.807) is 0 Å². The predicted molar refractivity (Wildman–Crippen MR) is 109 cm³/mol. The first-order valence-corrected chi connectivity index (χ1v) is 8.89. The largest absolute Gasteiger partial charge is 0.379 e. The maximum Gasteiger partial charge on any atom is 0.191 e. The van der Waals surface area contributed by atoms with E-state index in [0.717, 1.165) is 51.8 Å². The molecule has 0 spiro atoms. The molecular formula is C16H29IN4OS. The Balaban J connectivity index is 0.00000264. The van der Waals surface area contributed by atoms with E-state index in [-0.39, 0.29) is 24.0 Å². The van der Waals surface area contributed by atoms with Crippen molar-refractivity contribution in [3.63, 3.8) is 0 Å². The van der Waals surface area contributed by atoms with Gasteiger partial charge in [-0.15, -0.1) is 35.3 Å². The van der Waals surface area contributed by atoms with Crippen LogP contribution < -0.4 is 10.6 Å². The summed E-state index contributed by atoms with van der Waals surface area (Å²) in [4.78, 5) is 9.58. The van der Waals surface area contributed by atoms with E-state index in [2.05, 4.69) is 46.5 Å². The number of aryl methyl sites for hydroxylation is 1. The Labute approximate surface area is 160 Å². The van der Waals surface area contributed by atoms with Crippen LogP contribution >= 0.6 is 35.3 Å². The van der Waals surface area contributed by atoms with Gasteiger partial charge in [-0.3, -0.25) is 9.89 Å². The van der Waals surface area contributed by atoms with E-state index in [4.69, 9.17) is 4.74 Å². The molecule has 2 rings (SSSR count). The third kappa shape index (κ3) is 6.56. The van der Waals surface area contributed by atoms with Crippen molar-refractivity contribution in [2.45, 2.75) is 26.3 Å². The van der Waals surface area contributed by atoms with E-state index >= 15 is 0 Å². The molecule has 1 fully saturated rings. The summed E-state index contributed by atoms with van der Waals surface area (Å²) >= 11 is 1.88. The number of thiophene rings is 1. The molecule has 0 saturated carbocycles. The Morgan fingerprint density at radius 2 is 2.09 bits per heavy atom. The van der Waals surface area contributed by atoms with E-state index in [1.165, 1.54) is 9.75 Å². The summed E-state index contributed by atoms with van der Waals surface area (Å²) in [7, 11) is 1.82. The molecular weight excluding hydrogens is 423 g/mol. The van der Waals surface area contributed by atoms with Crippen LogP contribution in [0.5, 0.6) is 0 Å². The molecule has 1 aromatic heterocycles. The number of halogens is 1. The standard InChI is InChI=1S/C16H28N4OS.HI/c1-4-7-18-16(17-3)19-12-14(15-6-5-13(2)22-15)20-8-10-21-11-9-20;/h5-6,14H,4,7-12H2,1-3H3,(H2,17,18,19);1H. The van der Waals surface area contributed by atoms with Crippen LogP contribution in [0, 0.1) is 6.92 Å². The van der Waals surface area contributed by atoms with Gasteiger partial charge in [0.15, 0.2) is 5.96 Å². The Morgan fingerprint density at radius 3 is 2.65 bits per heavy atom. The number of aliphatic imine (C=N–C) groups is 1. The summed E-state index contributed by atoms with van der Waals surface area (Å²) in [5, 5.41) is 6.81. The normalized spacial score (nSPS) is 17.4. The zero-order chi connectivity index (χ0) is 15.8. The summed E-state index contributed by atoms with van der Waals surface area (Å²) in [6, 6.07) is 4.84. The molecule has 1 unspecified atom stereocenters. The molecule has 7 heteroatoms. The highest BCUT2D eigenvalue weighted by Gasteiger charge is 2.24. The second-order valence-corrected chi connectivity index (χ2v) is 6.81. The van der Waals surface area contributed by atoms with Crippen LogP contribution in [0.3, 0.4) is 0 Å². The van der Waals surface area contributed by atoms with Gasteiger partial charge in [0.05, 0.1) is 19.3 Å². The fourth-order valence-corrected chi connectivity index (χ4v) is 3.60. The first-order valence-electron chi connectivity index (χ1n) is 8.07. The average molecular weight is 452 g/mol. The lowest BCUT2D eigenvalue weighted by Gasteiger charge is -2.34. The van der Waals surface area contributed by atoms with Crippen molar-refractivity contribution in [3.8, 4) is 0 Å². The summed E-state index contributed by atoms with van der Waals surface area (Å²) in [5.41, 5.74) is 0. The number of guanidine groups is 1. The van der Waals surface area contributed by atoms with Gasteiger partial charge in [0.1, 0.15) is 0 Å². The number of ether oxygens (including phenoxy) is 1. The first-order chi connectivity index (χ1) is 10.7. The molecule has 5 nitrogen and oxygen atoms in total. The molecule has 1 aliphatic rings. The molecule has 1 aliphatic heterocycles. The number of nitrogens with one attached hydrogen (secondary N) is 2. The van der Waals surface area contributed by atoms with E-state index in [0.29, 0.717) is 6.04 Å². The third-order valence-electron chi connectivity index (χ3n) is 3.80. The number of rotatable bonds is 6. The van der Waals surface area contributed by atoms with E-state index in [9.17, 15) is 0 Å². The van der Waals surface area contributed by atoms with Gasteiger partial charge < -0.3 is 15.4 Å². The van der Waals surface area contributed by atoms with Gasteiger partial charge in [-0.25, -0.2) is 0 Å². The highest BCUT2D eigenvalue weighted by atomic mass is 127. The van der Waals surface area contributed by atoms with Crippen LogP contribution in [0.2, 0.25) is 0 Å². The minimum atomic E-state index is 0. The van der Waals surface area contributed by atoms with Gasteiger partial charge in [0.2, 0.25) is 0 Å². The number of hydrogen-bond donors (Lipinski definition) is 2. The average Bonchev–Trinajstić information content (AvgIpc) is 2.98. The van der Waals surface area contributed by atoms with Gasteiger partial charge in [-0.2, -0.15) is 0 Å². The van der Waals surface area contributed by atoms with Crippen LogP contribution in [0.25, 0.3) is 0 Å². The van der Waals surface area contributed by atoms with Crippen LogP contribution in [0.1, 0.15) is 29.1 Å². The summed E-state index contributed by atoms with van der Waals surface area (Å²) < 4.78 is 5.50. The molecule has 1 atom stereocenters. The van der Waals surface area contributed by atoms with E-state index in [1.807, 2.05) is 18.4 Å². The molecule has 1 saturated heterocycles. The fraction of sp³-hybridized carbons (Fsp3) is 0.688. The van der Waals surface area contributed by atoms with Crippen LogP contribution in [-0.2, 0) is 4.74 Å². The number of morpholine rings is 1. The smallest absolute Gasteiger partial charge is 0.191 e. The molecule has 1 aromatic rings. The molecule has 0 aliphatic carbocycles. The minimum Gasteiger partial charge on any atom is -0.379 e. The topological polar surface area (TPSA) is 48.9 Å². The zero-order valence-electron chi connectivity index (χ0n) is 14.3. The summed E-state index contributed by atoms with van der Waals surface area (Å²) in [6.07, 6.45) is 1.09. The number of hydrogen-bond acceptors (Lipinski definition) is 4. The zero-order valence-corrected chi connectivity index (χ0v) is 17.4. The predicted octanol–water partition coefficient (Wildman–Crippen LogP) is 2.62. The third-order valence-corrected chi connectivity index (χ3v) is 4.91. The van der Waals surface area contributed by atoms with Crippen molar-refractivity contribution in [3.05, 3.63) is 21.9 Å². The maximum atomic E-state index is 5.50. The Morgan fingerprint density at radius 1 is 1.35 bits per heavy atom. The summed E-state index contributed by atoms with van der Waals surface area (Å²) in [5.74, 6) is 0.883. The van der Waals surface area contributed by atoms with Crippen molar-refractivity contribution in [2.24, 2.45) is 4.99 Å². The van der Waals surface area contributed by atoms with Crippen molar-refractivity contribution < 1.29 is 4.74 Å². The highest BCUT2D eigenvalue weighted by molar-refractivity contribution is 14.0. The van der Waals surface area contributed by atoms with Crippen molar-refractivity contribution in [1.82, 2.24) is 15.5 Å². The molecule has 0 radical (unpaired) electrons. The minimum absolute atomic E-state index is 0. The Hall–Kier alpha value is -0.380. The Bertz CT molecular complexity index is 474. The summed E-state index contributed by atoms with van der Waals surface area (Å²) in [6.45, 7) is 9.76. The van der Waals surface area contributed by atoms with Gasteiger partial charge in [0.25, 0.3) is 0 Å². The van der Waals surface area contributed by atoms with Crippen LogP contribution in [0.4, 0.5) is 0 Å². The molecule has 0 bridgehead atoms. The lowest BCUT2D eigenvalue weighted by atomic mass is 10.2. The molecule has 0 aromatic carbocycles. The monoisotopic (exact) mass is 452 g/mol. The van der Waals surface area contributed by atoms with Crippen molar-refractivity contribution in [2.75, 3.05) is 46.4 Å². The highest BCUT2D eigenvalue weighted by Crippen LogP contribution is 2.27. The fourth-order valence-electron chi connectivity index (χ4n) is 2.59. The van der Waals surface area contributed by atoms with Gasteiger partial charge in [0, 0.05) is 43.0 Å². The quantitative estimate of drug-likeness (QED) is 0.396. The SMILES string of the molecule is CCCNC(=NC)NCC(c1ccc(C)s1)N1CCOCC1.I. The van der Waals surface area contributed by atoms with Gasteiger partial charge in [-0.05, 0) is 25.5 Å². The van der Waals surface area contributed by atoms with E-state index < -0.39 is 0 Å². The second-order valence-electron chi connectivity index (χ2n) is 5.49. The molecule has 132 valence electrons. The second kappa shape index (κ2) is 11.2. The van der Waals surface area contributed by atoms with Crippen molar-refractivity contribution in [1.29, 1.82) is 0 Å². The molecule has 23 heavy (non-hydrogen) atoms. The van der Waals surface area contributed by atoms with Gasteiger partial charge >= 0.3 is 0 Å². The maximum absolute atomic E-state index is 5.50. The number of nitrogens with zero attached hydrogens (tertiary/aromatic N) is 2. The lowest BCUT2D eigenvalue weighted by Crippen LogP contribution is -2.46. The lowest BCUT2D eigenvalue weighted by molar-refractivity contribution is 0.0177. The van der Waals surface area contributed by atoms with Gasteiger partial charge in [-0.1, -0.05) is 6.92 Å². The first kappa shape index (κ1) is 20.7.